The molecule has 2 aromatic carbocycles. The maximum absolute atomic E-state index is 12.3. The molecular formula is C17H15NO5S. The summed E-state index contributed by atoms with van der Waals surface area (Å²) in [7, 11) is -4.01. The molecule has 0 aliphatic carbocycles. The Kier molecular flexibility index (Phi) is 4.11. The van der Waals surface area contributed by atoms with Gasteiger partial charge in [0, 0.05) is 17.5 Å². The van der Waals surface area contributed by atoms with E-state index in [4.69, 9.17) is 4.74 Å². The van der Waals surface area contributed by atoms with E-state index in [1.165, 1.54) is 37.3 Å². The Morgan fingerprint density at radius 1 is 1.04 bits per heavy atom. The summed E-state index contributed by atoms with van der Waals surface area (Å²) >= 11 is 0. The molecule has 24 heavy (non-hydrogen) atoms. The van der Waals surface area contributed by atoms with Crippen molar-refractivity contribution in [3.05, 3.63) is 59.2 Å². The largest absolute Gasteiger partial charge is 0.493 e. The highest BCUT2D eigenvalue weighted by Crippen LogP contribution is 2.26. The molecule has 0 radical (unpaired) electrons. The summed E-state index contributed by atoms with van der Waals surface area (Å²) in [6, 6.07) is 10.2. The molecule has 6 nitrogen and oxygen atoms in total. The van der Waals surface area contributed by atoms with Gasteiger partial charge in [0.15, 0.2) is 5.78 Å². The zero-order chi connectivity index (χ0) is 17.3. The number of hydrogen-bond donors (Lipinski definition) is 1. The Hall–Kier alpha value is -2.67. The minimum atomic E-state index is -4.01. The fourth-order valence-electron chi connectivity index (χ4n) is 2.44. The summed E-state index contributed by atoms with van der Waals surface area (Å²) in [5, 5.41) is 0. The summed E-state index contributed by atoms with van der Waals surface area (Å²) in [4.78, 5) is 23.4. The van der Waals surface area contributed by atoms with Crippen molar-refractivity contribution in [3.8, 4) is 5.75 Å². The van der Waals surface area contributed by atoms with Gasteiger partial charge in [-0.25, -0.2) is 13.1 Å². The molecule has 1 heterocycles. The molecule has 3 rings (SSSR count). The van der Waals surface area contributed by atoms with Crippen molar-refractivity contribution < 1.29 is 22.7 Å². The lowest BCUT2D eigenvalue weighted by molar-refractivity contribution is 0.0979. The van der Waals surface area contributed by atoms with Crippen molar-refractivity contribution in [1.29, 1.82) is 0 Å². The molecule has 0 spiro atoms. The van der Waals surface area contributed by atoms with E-state index in [2.05, 4.69) is 0 Å². The first kappa shape index (κ1) is 16.2. The number of rotatable bonds is 4. The Balaban J connectivity index is 1.81. The van der Waals surface area contributed by atoms with Crippen LogP contribution in [0.25, 0.3) is 0 Å². The smallest absolute Gasteiger partial charge is 0.265 e. The van der Waals surface area contributed by atoms with Gasteiger partial charge >= 0.3 is 0 Å². The van der Waals surface area contributed by atoms with Gasteiger partial charge in [0.1, 0.15) is 5.75 Å². The van der Waals surface area contributed by atoms with E-state index in [1.54, 1.807) is 12.1 Å². The molecule has 0 saturated carbocycles. The molecule has 0 bridgehead atoms. The number of amides is 1. The number of ether oxygens (including phenoxy) is 1. The lowest BCUT2D eigenvalue weighted by Gasteiger charge is -2.08. The molecule has 0 aromatic heterocycles. The van der Waals surface area contributed by atoms with Crippen molar-refractivity contribution in [2.45, 2.75) is 18.2 Å². The first-order valence-corrected chi connectivity index (χ1v) is 8.79. The Morgan fingerprint density at radius 2 is 1.71 bits per heavy atom. The van der Waals surface area contributed by atoms with E-state index in [9.17, 15) is 18.0 Å². The second kappa shape index (κ2) is 6.09. The Bertz CT molecular complexity index is 916. The third-order valence-electron chi connectivity index (χ3n) is 3.75. The average Bonchev–Trinajstić information content (AvgIpc) is 3.02. The highest BCUT2D eigenvalue weighted by molar-refractivity contribution is 7.90. The van der Waals surface area contributed by atoms with Crippen LogP contribution in [0.1, 0.15) is 33.2 Å². The molecule has 1 aliphatic rings. The minimum absolute atomic E-state index is 0.0784. The predicted octanol–water partition coefficient (Wildman–Crippen LogP) is 1.94. The van der Waals surface area contributed by atoms with E-state index < -0.39 is 15.9 Å². The molecule has 0 unspecified atom stereocenters. The SMILES string of the molecule is CC(=O)c1ccc(S(=O)(=O)NC(=O)c2ccc3c(c2)CCO3)cc1. The molecule has 124 valence electrons. The summed E-state index contributed by atoms with van der Waals surface area (Å²) in [6.45, 7) is 1.95. The summed E-state index contributed by atoms with van der Waals surface area (Å²) in [6.07, 6.45) is 0.690. The standard InChI is InChI=1S/C17H15NO5S/c1-11(19)12-2-5-15(6-3-12)24(21,22)18-17(20)14-4-7-16-13(10-14)8-9-23-16/h2-7,10H,8-9H2,1H3,(H,18,20). The Labute approximate surface area is 139 Å². The van der Waals surface area contributed by atoms with Crippen molar-refractivity contribution in [2.24, 2.45) is 0 Å². The quantitative estimate of drug-likeness (QED) is 0.856. The van der Waals surface area contributed by atoms with Crippen LogP contribution in [0.15, 0.2) is 47.4 Å². The second-order valence-corrected chi connectivity index (χ2v) is 7.12. The lowest BCUT2D eigenvalue weighted by Crippen LogP contribution is -2.30. The number of ketones is 1. The lowest BCUT2D eigenvalue weighted by atomic mass is 10.1. The summed E-state index contributed by atoms with van der Waals surface area (Å²) in [5.41, 5.74) is 1.54. The third kappa shape index (κ3) is 3.16. The van der Waals surface area contributed by atoms with Crippen molar-refractivity contribution in [1.82, 2.24) is 4.72 Å². The highest BCUT2D eigenvalue weighted by Gasteiger charge is 2.21. The second-order valence-electron chi connectivity index (χ2n) is 5.44. The molecule has 1 aliphatic heterocycles. The van der Waals surface area contributed by atoms with E-state index >= 15 is 0 Å². The number of carbonyl (C=O) groups is 2. The third-order valence-corrected chi connectivity index (χ3v) is 5.10. The number of sulfonamides is 1. The van der Waals surface area contributed by atoms with Gasteiger partial charge in [-0.3, -0.25) is 9.59 Å². The van der Waals surface area contributed by atoms with Gasteiger partial charge in [0.05, 0.1) is 11.5 Å². The topological polar surface area (TPSA) is 89.5 Å². The number of hydrogen-bond acceptors (Lipinski definition) is 5. The zero-order valence-electron chi connectivity index (χ0n) is 12.9. The molecule has 0 atom stereocenters. The van der Waals surface area contributed by atoms with E-state index in [1.807, 2.05) is 4.72 Å². The highest BCUT2D eigenvalue weighted by atomic mass is 32.2. The van der Waals surface area contributed by atoms with Gasteiger partial charge in [0.25, 0.3) is 15.9 Å². The zero-order valence-corrected chi connectivity index (χ0v) is 13.7. The van der Waals surface area contributed by atoms with Crippen LogP contribution in [0.5, 0.6) is 5.75 Å². The summed E-state index contributed by atoms with van der Waals surface area (Å²) in [5.74, 6) is -0.155. The first-order valence-electron chi connectivity index (χ1n) is 7.31. The number of nitrogens with one attached hydrogen (secondary N) is 1. The van der Waals surface area contributed by atoms with Crippen molar-refractivity contribution in [3.63, 3.8) is 0 Å². The van der Waals surface area contributed by atoms with Crippen LogP contribution in [0.3, 0.4) is 0 Å². The molecule has 0 fully saturated rings. The molecule has 1 amide bonds. The van der Waals surface area contributed by atoms with Gasteiger partial charge in [-0.05, 0) is 42.8 Å². The van der Waals surface area contributed by atoms with Crippen molar-refractivity contribution >= 4 is 21.7 Å². The molecule has 7 heteroatoms. The average molecular weight is 345 g/mol. The van der Waals surface area contributed by atoms with Crippen LogP contribution in [0.2, 0.25) is 0 Å². The molecule has 0 saturated heterocycles. The minimum Gasteiger partial charge on any atom is -0.493 e. The monoisotopic (exact) mass is 345 g/mol. The fraction of sp³-hybridized carbons (Fsp3) is 0.176. The predicted molar refractivity (Wildman–Crippen MR) is 86.7 cm³/mol. The normalized spacial score (nSPS) is 13.0. The van der Waals surface area contributed by atoms with E-state index in [-0.39, 0.29) is 16.2 Å². The van der Waals surface area contributed by atoms with Gasteiger partial charge in [-0.15, -0.1) is 0 Å². The number of fused-ring (bicyclic) bond motifs is 1. The maximum Gasteiger partial charge on any atom is 0.265 e. The van der Waals surface area contributed by atoms with Crippen LogP contribution in [0, 0.1) is 0 Å². The Morgan fingerprint density at radius 3 is 2.38 bits per heavy atom. The molecule has 2 aromatic rings. The number of benzene rings is 2. The van der Waals surface area contributed by atoms with Crippen LogP contribution >= 0.6 is 0 Å². The van der Waals surface area contributed by atoms with Gasteiger partial charge in [-0.1, -0.05) is 12.1 Å². The number of Topliss-reactive ketones (excluding diaryl/α,β-unsaturated/α-hetero) is 1. The van der Waals surface area contributed by atoms with Crippen molar-refractivity contribution in [2.75, 3.05) is 6.61 Å². The van der Waals surface area contributed by atoms with Crippen LogP contribution in [-0.4, -0.2) is 26.7 Å². The van der Waals surface area contributed by atoms with E-state index in [0.717, 1.165) is 5.56 Å². The fourth-order valence-corrected chi connectivity index (χ4v) is 3.41. The van der Waals surface area contributed by atoms with Crippen LogP contribution in [-0.2, 0) is 16.4 Å². The van der Waals surface area contributed by atoms with Gasteiger partial charge < -0.3 is 4.74 Å². The van der Waals surface area contributed by atoms with Gasteiger partial charge in [-0.2, -0.15) is 0 Å². The number of carbonyl (C=O) groups excluding carboxylic acids is 2. The van der Waals surface area contributed by atoms with E-state index in [0.29, 0.717) is 24.3 Å². The van der Waals surface area contributed by atoms with Crippen LogP contribution in [0.4, 0.5) is 0 Å². The van der Waals surface area contributed by atoms with Gasteiger partial charge in [0.2, 0.25) is 0 Å². The first-order chi connectivity index (χ1) is 11.4. The molecular weight excluding hydrogens is 330 g/mol. The molecule has 1 N–H and O–H groups in total. The summed E-state index contributed by atoms with van der Waals surface area (Å²) < 4.78 is 32.0. The van der Waals surface area contributed by atoms with Crippen LogP contribution < -0.4 is 9.46 Å². The maximum atomic E-state index is 12.3.